The Morgan fingerprint density at radius 3 is 2.41 bits per heavy atom. The van der Waals surface area contributed by atoms with E-state index in [0.29, 0.717) is 40.2 Å². The van der Waals surface area contributed by atoms with Gasteiger partial charge in [-0.3, -0.25) is 4.79 Å². The Bertz CT molecular complexity index is 870. The molecule has 0 aliphatic carbocycles. The van der Waals surface area contributed by atoms with Crippen LogP contribution in [0.4, 0.5) is 0 Å². The lowest BCUT2D eigenvalue weighted by Gasteiger charge is -2.09. The van der Waals surface area contributed by atoms with Crippen LogP contribution in [-0.2, 0) is 0 Å². The van der Waals surface area contributed by atoms with Crippen molar-refractivity contribution in [2.75, 3.05) is 14.2 Å². The standard InChI is InChI=1S/C22H27BrO4/c1-14(2)8-6-9-15(3)10-7-11-17(24)18-12-16-13-19(25-4)22(26-5)20(23)21(16)27-18/h8,10,12-13H,6-7,9,11H2,1-5H3/b15-10+. The fourth-order valence-electron chi connectivity index (χ4n) is 2.84. The number of hydrogen-bond acceptors (Lipinski definition) is 4. The number of carbonyl (C=O) groups is 1. The van der Waals surface area contributed by atoms with Crippen LogP contribution in [0.15, 0.2) is 44.3 Å². The minimum Gasteiger partial charge on any atom is -0.493 e. The Hall–Kier alpha value is -2.01. The average molecular weight is 435 g/mol. The number of allylic oxidation sites excluding steroid dienone is 4. The molecule has 1 aromatic carbocycles. The number of fused-ring (bicyclic) bond motifs is 1. The van der Waals surface area contributed by atoms with Gasteiger partial charge in [-0.25, -0.2) is 0 Å². The Kier molecular flexibility index (Phi) is 7.72. The number of hydrogen-bond donors (Lipinski definition) is 0. The zero-order chi connectivity index (χ0) is 20.0. The molecule has 0 N–H and O–H groups in total. The molecule has 5 heteroatoms. The van der Waals surface area contributed by atoms with Crippen LogP contribution in [0.2, 0.25) is 0 Å². The van der Waals surface area contributed by atoms with E-state index in [0.717, 1.165) is 18.2 Å². The maximum atomic E-state index is 12.5. The van der Waals surface area contributed by atoms with Crippen molar-refractivity contribution in [3.8, 4) is 11.5 Å². The zero-order valence-corrected chi connectivity index (χ0v) is 18.2. The fourth-order valence-corrected chi connectivity index (χ4v) is 3.51. The Labute approximate surface area is 169 Å². The predicted molar refractivity (Wildman–Crippen MR) is 113 cm³/mol. The number of furan rings is 1. The van der Waals surface area contributed by atoms with Gasteiger partial charge in [0.1, 0.15) is 4.47 Å². The molecule has 0 radical (unpaired) electrons. The van der Waals surface area contributed by atoms with Crippen LogP contribution in [0.3, 0.4) is 0 Å². The van der Waals surface area contributed by atoms with E-state index < -0.39 is 0 Å². The van der Waals surface area contributed by atoms with Gasteiger partial charge in [-0.2, -0.15) is 0 Å². The van der Waals surface area contributed by atoms with Crippen molar-refractivity contribution in [3.63, 3.8) is 0 Å². The zero-order valence-electron chi connectivity index (χ0n) is 16.6. The van der Waals surface area contributed by atoms with Gasteiger partial charge in [0.05, 0.1) is 14.2 Å². The summed E-state index contributed by atoms with van der Waals surface area (Å²) in [5.41, 5.74) is 3.23. The first kappa shape index (κ1) is 21.3. The third-order valence-electron chi connectivity index (χ3n) is 4.32. The van der Waals surface area contributed by atoms with Crippen LogP contribution < -0.4 is 9.47 Å². The van der Waals surface area contributed by atoms with Crippen molar-refractivity contribution in [2.24, 2.45) is 0 Å². The third-order valence-corrected chi connectivity index (χ3v) is 5.04. The van der Waals surface area contributed by atoms with E-state index in [2.05, 4.69) is 48.9 Å². The van der Waals surface area contributed by atoms with E-state index in [9.17, 15) is 4.79 Å². The van der Waals surface area contributed by atoms with E-state index >= 15 is 0 Å². The normalized spacial score (nSPS) is 11.6. The van der Waals surface area contributed by atoms with E-state index in [1.165, 1.54) is 11.1 Å². The van der Waals surface area contributed by atoms with Crippen LogP contribution in [0.25, 0.3) is 11.0 Å². The number of ketones is 1. The molecule has 0 aliphatic heterocycles. The lowest BCUT2D eigenvalue weighted by Crippen LogP contribution is -1.95. The van der Waals surface area contributed by atoms with Crippen LogP contribution in [0.1, 0.15) is 57.0 Å². The summed E-state index contributed by atoms with van der Waals surface area (Å²) < 4.78 is 17.1. The second-order valence-corrected chi connectivity index (χ2v) is 7.58. The second-order valence-electron chi connectivity index (χ2n) is 6.79. The molecule has 0 unspecified atom stereocenters. The molecule has 0 aliphatic rings. The van der Waals surface area contributed by atoms with Crippen molar-refractivity contribution < 1.29 is 18.7 Å². The molecule has 27 heavy (non-hydrogen) atoms. The van der Waals surface area contributed by atoms with Gasteiger partial charge in [-0.15, -0.1) is 0 Å². The van der Waals surface area contributed by atoms with Crippen LogP contribution in [0.5, 0.6) is 11.5 Å². The molecule has 1 heterocycles. The van der Waals surface area contributed by atoms with Crippen molar-refractivity contribution in [2.45, 2.75) is 46.5 Å². The summed E-state index contributed by atoms with van der Waals surface area (Å²) in [6, 6.07) is 3.57. The van der Waals surface area contributed by atoms with E-state index in [4.69, 9.17) is 13.9 Å². The molecule has 0 spiro atoms. The highest BCUT2D eigenvalue weighted by Crippen LogP contribution is 2.42. The molecule has 0 saturated heterocycles. The molecule has 0 amide bonds. The van der Waals surface area contributed by atoms with Crippen molar-refractivity contribution >= 4 is 32.7 Å². The summed E-state index contributed by atoms with van der Waals surface area (Å²) in [4.78, 5) is 12.5. The highest BCUT2D eigenvalue weighted by molar-refractivity contribution is 9.10. The number of benzene rings is 1. The second kappa shape index (κ2) is 9.79. The maximum absolute atomic E-state index is 12.5. The van der Waals surface area contributed by atoms with Crippen molar-refractivity contribution in [1.29, 1.82) is 0 Å². The molecule has 0 atom stereocenters. The van der Waals surface area contributed by atoms with Gasteiger partial charge >= 0.3 is 0 Å². The predicted octanol–water partition coefficient (Wildman–Crippen LogP) is 6.87. The average Bonchev–Trinajstić information content (AvgIpc) is 3.05. The monoisotopic (exact) mass is 434 g/mol. The van der Waals surface area contributed by atoms with Gasteiger partial charge in [0.2, 0.25) is 0 Å². The highest BCUT2D eigenvalue weighted by Gasteiger charge is 2.19. The first-order valence-electron chi connectivity index (χ1n) is 9.03. The minimum atomic E-state index is -0.00983. The molecule has 0 bridgehead atoms. The number of carbonyl (C=O) groups excluding carboxylic acids is 1. The number of methoxy groups -OCH3 is 2. The van der Waals surface area contributed by atoms with Crippen LogP contribution in [-0.4, -0.2) is 20.0 Å². The summed E-state index contributed by atoms with van der Waals surface area (Å²) in [6.07, 6.45) is 7.57. The molecule has 2 aromatic rings. The van der Waals surface area contributed by atoms with Crippen LogP contribution in [0, 0.1) is 0 Å². The summed E-state index contributed by atoms with van der Waals surface area (Å²) in [7, 11) is 3.14. The Morgan fingerprint density at radius 1 is 1.07 bits per heavy atom. The first-order chi connectivity index (χ1) is 12.9. The quantitative estimate of drug-likeness (QED) is 0.319. The van der Waals surface area contributed by atoms with Gasteiger partial charge in [-0.05, 0) is 68.1 Å². The third kappa shape index (κ3) is 5.48. The lowest BCUT2D eigenvalue weighted by atomic mass is 10.1. The lowest BCUT2D eigenvalue weighted by molar-refractivity contribution is 0.0959. The van der Waals surface area contributed by atoms with E-state index in [1.807, 2.05) is 6.07 Å². The summed E-state index contributed by atoms with van der Waals surface area (Å²) in [5.74, 6) is 1.49. The molecule has 1 aromatic heterocycles. The highest BCUT2D eigenvalue weighted by atomic mass is 79.9. The number of rotatable bonds is 9. The number of halogens is 1. The summed E-state index contributed by atoms with van der Waals surface area (Å²) in [5, 5.41) is 0.802. The topological polar surface area (TPSA) is 48.7 Å². The maximum Gasteiger partial charge on any atom is 0.198 e. The SMILES string of the molecule is COc1cc2cc(C(=O)CC/C=C(\C)CCC=C(C)C)oc2c(Br)c1OC. The fraction of sp³-hybridized carbons (Fsp3) is 0.409. The van der Waals surface area contributed by atoms with Crippen molar-refractivity contribution in [1.82, 2.24) is 0 Å². The van der Waals surface area contributed by atoms with E-state index in [-0.39, 0.29) is 5.78 Å². The molecule has 4 nitrogen and oxygen atoms in total. The van der Waals surface area contributed by atoms with Gasteiger partial charge in [0, 0.05) is 11.8 Å². The Morgan fingerprint density at radius 2 is 1.78 bits per heavy atom. The summed E-state index contributed by atoms with van der Waals surface area (Å²) in [6.45, 7) is 6.32. The molecule has 146 valence electrons. The number of ether oxygens (including phenoxy) is 2. The first-order valence-corrected chi connectivity index (χ1v) is 9.82. The summed E-state index contributed by atoms with van der Waals surface area (Å²) >= 11 is 3.48. The van der Waals surface area contributed by atoms with Gasteiger partial charge in [0.15, 0.2) is 28.6 Å². The van der Waals surface area contributed by atoms with Gasteiger partial charge in [0.25, 0.3) is 0 Å². The van der Waals surface area contributed by atoms with Crippen molar-refractivity contribution in [3.05, 3.63) is 45.7 Å². The largest absolute Gasteiger partial charge is 0.493 e. The molecular weight excluding hydrogens is 408 g/mol. The van der Waals surface area contributed by atoms with E-state index in [1.54, 1.807) is 20.3 Å². The smallest absolute Gasteiger partial charge is 0.198 e. The molecular formula is C22H27BrO4. The Balaban J connectivity index is 2.07. The number of Topliss-reactive ketones (excluding diaryl/α,β-unsaturated/α-hetero) is 1. The molecule has 2 rings (SSSR count). The van der Waals surface area contributed by atoms with Gasteiger partial charge < -0.3 is 13.9 Å². The minimum absolute atomic E-state index is 0.00983. The van der Waals surface area contributed by atoms with Gasteiger partial charge in [-0.1, -0.05) is 23.3 Å². The molecule has 0 saturated carbocycles. The molecule has 0 fully saturated rings. The van der Waals surface area contributed by atoms with Crippen LogP contribution >= 0.6 is 15.9 Å².